The summed E-state index contributed by atoms with van der Waals surface area (Å²) in [5.74, 6) is 1.39. The lowest BCUT2D eigenvalue weighted by atomic mass is 10.1. The van der Waals surface area contributed by atoms with Crippen molar-refractivity contribution in [2.75, 3.05) is 0 Å². The molecule has 0 radical (unpaired) electrons. The summed E-state index contributed by atoms with van der Waals surface area (Å²) in [6.45, 7) is 8.73. The Labute approximate surface area is 89.5 Å². The molecule has 1 saturated carbocycles. The predicted octanol–water partition coefficient (Wildman–Crippen LogP) is 3.03. The Kier molecular flexibility index (Phi) is 2.11. The van der Waals surface area contributed by atoms with Gasteiger partial charge in [-0.1, -0.05) is 27.7 Å². The second kappa shape index (κ2) is 2.96. The van der Waals surface area contributed by atoms with Gasteiger partial charge in [0, 0.05) is 12.0 Å². The van der Waals surface area contributed by atoms with Gasteiger partial charge in [-0.3, -0.25) is 4.57 Å². The van der Waals surface area contributed by atoms with Gasteiger partial charge in [-0.2, -0.15) is 0 Å². The Morgan fingerprint density at radius 1 is 1.43 bits per heavy atom. The molecule has 0 N–H and O–H groups in total. The third-order valence-corrected chi connectivity index (χ3v) is 3.23. The number of halogens is 1. The molecule has 1 heterocycles. The number of hydrogen-bond donors (Lipinski definition) is 0. The van der Waals surface area contributed by atoms with E-state index in [1.165, 1.54) is 6.42 Å². The van der Waals surface area contributed by atoms with E-state index >= 15 is 0 Å². The van der Waals surface area contributed by atoms with Crippen molar-refractivity contribution in [2.45, 2.75) is 46.1 Å². The average molecular weight is 214 g/mol. The van der Waals surface area contributed by atoms with Gasteiger partial charge in [0.2, 0.25) is 5.28 Å². The van der Waals surface area contributed by atoms with Crippen LogP contribution in [0.1, 0.15) is 51.9 Å². The first-order valence-corrected chi connectivity index (χ1v) is 5.41. The lowest BCUT2D eigenvalue weighted by Gasteiger charge is -2.11. The molecule has 0 amide bonds. The lowest BCUT2D eigenvalue weighted by Crippen LogP contribution is -2.07. The molecule has 2 rings (SSSR count). The number of nitrogens with zero attached hydrogens (tertiary/aromatic N) is 3. The molecule has 3 nitrogen and oxygen atoms in total. The minimum atomic E-state index is 0.357. The molecule has 0 bridgehead atoms. The van der Waals surface area contributed by atoms with E-state index in [4.69, 9.17) is 11.6 Å². The number of rotatable bonds is 2. The summed E-state index contributed by atoms with van der Waals surface area (Å²) in [5.41, 5.74) is 0.357. The topological polar surface area (TPSA) is 30.7 Å². The maximum atomic E-state index is 6.04. The standard InChI is InChI=1S/C10H16ClN3/c1-6(2)8-12-13-9(11)14(8)7-5-10(7,3)4/h6-7H,5H2,1-4H3. The summed E-state index contributed by atoms with van der Waals surface area (Å²) in [4.78, 5) is 0. The van der Waals surface area contributed by atoms with E-state index in [0.717, 1.165) is 5.82 Å². The molecule has 1 atom stereocenters. The fourth-order valence-corrected chi connectivity index (χ4v) is 2.09. The maximum absolute atomic E-state index is 6.04. The highest BCUT2D eigenvalue weighted by Gasteiger charge is 2.49. The van der Waals surface area contributed by atoms with Gasteiger partial charge in [-0.05, 0) is 23.4 Å². The van der Waals surface area contributed by atoms with Crippen LogP contribution >= 0.6 is 11.6 Å². The molecule has 0 aromatic carbocycles. The highest BCUT2D eigenvalue weighted by molar-refractivity contribution is 6.28. The van der Waals surface area contributed by atoms with Gasteiger partial charge >= 0.3 is 0 Å². The fraction of sp³-hybridized carbons (Fsp3) is 0.800. The fourth-order valence-electron chi connectivity index (χ4n) is 1.85. The zero-order valence-electron chi connectivity index (χ0n) is 9.08. The van der Waals surface area contributed by atoms with Gasteiger partial charge < -0.3 is 0 Å². The Hall–Kier alpha value is -0.570. The van der Waals surface area contributed by atoms with Crippen molar-refractivity contribution < 1.29 is 0 Å². The Bertz CT molecular complexity index is 354. The first-order valence-electron chi connectivity index (χ1n) is 5.04. The predicted molar refractivity (Wildman–Crippen MR) is 56.6 cm³/mol. The van der Waals surface area contributed by atoms with Crippen LogP contribution in [0, 0.1) is 5.41 Å². The van der Waals surface area contributed by atoms with Gasteiger partial charge in [0.25, 0.3) is 0 Å². The van der Waals surface area contributed by atoms with E-state index in [2.05, 4.69) is 42.5 Å². The third-order valence-electron chi connectivity index (χ3n) is 2.97. The summed E-state index contributed by atoms with van der Waals surface area (Å²) < 4.78 is 2.09. The lowest BCUT2D eigenvalue weighted by molar-refractivity contribution is 0.518. The Balaban J connectivity index is 2.37. The quantitative estimate of drug-likeness (QED) is 0.756. The zero-order valence-corrected chi connectivity index (χ0v) is 9.84. The van der Waals surface area contributed by atoms with Gasteiger partial charge in [0.05, 0.1) is 0 Å². The van der Waals surface area contributed by atoms with E-state index in [1.807, 2.05) is 0 Å². The van der Waals surface area contributed by atoms with Gasteiger partial charge in [0.15, 0.2) is 0 Å². The highest BCUT2D eigenvalue weighted by Crippen LogP contribution is 2.56. The minimum Gasteiger partial charge on any atom is -0.298 e. The van der Waals surface area contributed by atoms with Crippen molar-refractivity contribution in [1.29, 1.82) is 0 Å². The van der Waals surface area contributed by atoms with Crippen LogP contribution in [0.3, 0.4) is 0 Å². The molecule has 0 spiro atoms. The second-order valence-corrected chi connectivity index (χ2v) is 5.40. The summed E-state index contributed by atoms with van der Waals surface area (Å²) in [6.07, 6.45) is 1.17. The summed E-state index contributed by atoms with van der Waals surface area (Å²) in [6, 6.07) is 0.488. The average Bonchev–Trinajstić information content (AvgIpc) is 2.53. The minimum absolute atomic E-state index is 0.357. The largest absolute Gasteiger partial charge is 0.298 e. The first kappa shape index (κ1) is 9.97. The molecule has 78 valence electrons. The summed E-state index contributed by atoms with van der Waals surface area (Å²) in [5, 5.41) is 8.60. The smallest absolute Gasteiger partial charge is 0.225 e. The third kappa shape index (κ3) is 1.44. The van der Waals surface area contributed by atoms with Crippen molar-refractivity contribution in [3.05, 3.63) is 11.1 Å². The molecule has 0 saturated heterocycles. The van der Waals surface area contributed by atoms with Crippen molar-refractivity contribution in [3.8, 4) is 0 Å². The van der Waals surface area contributed by atoms with E-state index in [0.29, 0.717) is 22.7 Å². The Morgan fingerprint density at radius 2 is 2.00 bits per heavy atom. The molecule has 0 aliphatic heterocycles. The van der Waals surface area contributed by atoms with E-state index < -0.39 is 0 Å². The molecule has 1 aromatic heterocycles. The second-order valence-electron chi connectivity index (χ2n) is 5.06. The molecule has 1 aliphatic carbocycles. The van der Waals surface area contributed by atoms with E-state index in [9.17, 15) is 0 Å². The Morgan fingerprint density at radius 3 is 2.43 bits per heavy atom. The van der Waals surface area contributed by atoms with Gasteiger partial charge in [-0.25, -0.2) is 0 Å². The van der Waals surface area contributed by atoms with Crippen LogP contribution in [0.4, 0.5) is 0 Å². The molecule has 4 heteroatoms. The number of hydrogen-bond acceptors (Lipinski definition) is 2. The van der Waals surface area contributed by atoms with Crippen LogP contribution in [0.15, 0.2) is 0 Å². The van der Waals surface area contributed by atoms with Crippen LogP contribution in [-0.2, 0) is 0 Å². The first-order chi connectivity index (χ1) is 6.43. The maximum Gasteiger partial charge on any atom is 0.225 e. The molecule has 1 aliphatic rings. The van der Waals surface area contributed by atoms with Crippen molar-refractivity contribution in [2.24, 2.45) is 5.41 Å². The molecule has 1 fully saturated rings. The monoisotopic (exact) mass is 213 g/mol. The van der Waals surface area contributed by atoms with Crippen molar-refractivity contribution >= 4 is 11.6 Å². The van der Waals surface area contributed by atoms with E-state index in [-0.39, 0.29) is 0 Å². The van der Waals surface area contributed by atoms with Crippen LogP contribution in [0.2, 0.25) is 5.28 Å². The van der Waals surface area contributed by atoms with Crippen LogP contribution in [0.5, 0.6) is 0 Å². The normalized spacial score (nSPS) is 24.3. The summed E-state index contributed by atoms with van der Waals surface area (Å²) in [7, 11) is 0. The molecule has 1 aromatic rings. The van der Waals surface area contributed by atoms with Crippen LogP contribution in [0.25, 0.3) is 0 Å². The van der Waals surface area contributed by atoms with Crippen LogP contribution in [-0.4, -0.2) is 14.8 Å². The molecular weight excluding hydrogens is 198 g/mol. The van der Waals surface area contributed by atoms with E-state index in [1.54, 1.807) is 0 Å². The van der Waals surface area contributed by atoms with Crippen molar-refractivity contribution in [3.63, 3.8) is 0 Å². The van der Waals surface area contributed by atoms with Gasteiger partial charge in [-0.15, -0.1) is 10.2 Å². The highest BCUT2D eigenvalue weighted by atomic mass is 35.5. The van der Waals surface area contributed by atoms with Crippen molar-refractivity contribution in [1.82, 2.24) is 14.8 Å². The van der Waals surface area contributed by atoms with Crippen LogP contribution < -0.4 is 0 Å². The molecule has 14 heavy (non-hydrogen) atoms. The zero-order chi connectivity index (χ0) is 10.5. The SMILES string of the molecule is CC(C)c1nnc(Cl)n1C1CC1(C)C. The number of aromatic nitrogens is 3. The molecule has 1 unspecified atom stereocenters. The molecular formula is C10H16ClN3. The summed E-state index contributed by atoms with van der Waals surface area (Å²) >= 11 is 6.04. The van der Waals surface area contributed by atoms with Gasteiger partial charge in [0.1, 0.15) is 5.82 Å².